The normalized spacial score (nSPS) is 9.92. The first kappa shape index (κ1) is 17.2. The molecule has 0 spiro atoms. The lowest BCUT2D eigenvalue weighted by atomic mass is 10.1. The molecule has 0 aliphatic heterocycles. The van der Waals surface area contributed by atoms with Crippen LogP contribution in [0, 0.1) is 0 Å². The molecular formula is C18H17NO5. The maximum Gasteiger partial charge on any atom is 0.342 e. The third kappa shape index (κ3) is 4.42. The predicted octanol–water partition coefficient (Wildman–Crippen LogP) is 2.69. The van der Waals surface area contributed by atoms with Crippen molar-refractivity contribution < 1.29 is 23.9 Å². The number of carbonyl (C=O) groups excluding carboxylic acids is 3. The van der Waals surface area contributed by atoms with Gasteiger partial charge in [0.15, 0.2) is 12.4 Å². The van der Waals surface area contributed by atoms with Gasteiger partial charge in [-0.3, -0.25) is 9.59 Å². The molecule has 0 saturated heterocycles. The van der Waals surface area contributed by atoms with E-state index in [1.165, 1.54) is 14.0 Å². The molecule has 2 aromatic carbocycles. The maximum absolute atomic E-state index is 12.1. The van der Waals surface area contributed by atoms with Gasteiger partial charge in [-0.1, -0.05) is 12.1 Å². The van der Waals surface area contributed by atoms with Crippen LogP contribution in [0.4, 0.5) is 5.69 Å². The highest BCUT2D eigenvalue weighted by molar-refractivity contribution is 6.00. The van der Waals surface area contributed by atoms with Crippen LogP contribution in [0.1, 0.15) is 27.6 Å². The molecule has 1 N–H and O–H groups in total. The Morgan fingerprint density at radius 1 is 1.00 bits per heavy atom. The smallest absolute Gasteiger partial charge is 0.342 e. The molecule has 0 radical (unpaired) electrons. The lowest BCUT2D eigenvalue weighted by Gasteiger charge is -2.08. The van der Waals surface area contributed by atoms with Crippen LogP contribution in [0.15, 0.2) is 48.5 Å². The minimum absolute atomic E-state index is 0.195. The van der Waals surface area contributed by atoms with Gasteiger partial charge in [0.2, 0.25) is 5.91 Å². The van der Waals surface area contributed by atoms with E-state index < -0.39 is 5.97 Å². The van der Waals surface area contributed by atoms with Gasteiger partial charge < -0.3 is 14.8 Å². The summed E-state index contributed by atoms with van der Waals surface area (Å²) in [6.07, 6.45) is 0. The van der Waals surface area contributed by atoms with E-state index in [0.29, 0.717) is 17.0 Å². The first-order valence-corrected chi connectivity index (χ1v) is 7.22. The Morgan fingerprint density at radius 3 is 2.29 bits per heavy atom. The Balaban J connectivity index is 1.97. The Bertz CT molecular complexity index is 752. The van der Waals surface area contributed by atoms with Crippen molar-refractivity contribution in [2.45, 2.75) is 6.92 Å². The molecule has 0 saturated carbocycles. The van der Waals surface area contributed by atoms with Crippen LogP contribution in [-0.2, 0) is 9.53 Å². The quantitative estimate of drug-likeness (QED) is 0.651. The third-order valence-electron chi connectivity index (χ3n) is 3.19. The summed E-state index contributed by atoms with van der Waals surface area (Å²) in [4.78, 5) is 35.1. The molecular weight excluding hydrogens is 310 g/mol. The second kappa shape index (κ2) is 7.92. The molecule has 0 aliphatic carbocycles. The van der Waals surface area contributed by atoms with E-state index in [2.05, 4.69) is 5.32 Å². The Hall–Kier alpha value is -3.15. The highest BCUT2D eigenvalue weighted by atomic mass is 16.5. The van der Waals surface area contributed by atoms with Gasteiger partial charge in [0, 0.05) is 18.2 Å². The lowest BCUT2D eigenvalue weighted by molar-refractivity contribution is -0.114. The average Bonchev–Trinajstić information content (AvgIpc) is 2.59. The van der Waals surface area contributed by atoms with E-state index in [9.17, 15) is 14.4 Å². The summed E-state index contributed by atoms with van der Waals surface area (Å²) in [7, 11) is 1.45. The fourth-order valence-corrected chi connectivity index (χ4v) is 2.05. The highest BCUT2D eigenvalue weighted by Crippen LogP contribution is 2.18. The number of carbonyl (C=O) groups is 3. The second-order valence-corrected chi connectivity index (χ2v) is 4.96. The number of hydrogen-bond acceptors (Lipinski definition) is 5. The van der Waals surface area contributed by atoms with Crippen molar-refractivity contribution in [3.05, 3.63) is 59.7 Å². The van der Waals surface area contributed by atoms with Gasteiger partial charge in [0.1, 0.15) is 11.3 Å². The first-order chi connectivity index (χ1) is 11.5. The highest BCUT2D eigenvalue weighted by Gasteiger charge is 2.15. The number of para-hydroxylation sites is 1. The molecule has 1 amide bonds. The number of nitrogens with one attached hydrogen (secondary N) is 1. The first-order valence-electron chi connectivity index (χ1n) is 7.22. The Kier molecular flexibility index (Phi) is 5.68. The van der Waals surface area contributed by atoms with E-state index in [-0.39, 0.29) is 23.9 Å². The zero-order valence-corrected chi connectivity index (χ0v) is 13.4. The van der Waals surface area contributed by atoms with Crippen LogP contribution in [0.2, 0.25) is 0 Å². The molecule has 0 aromatic heterocycles. The second-order valence-electron chi connectivity index (χ2n) is 4.96. The molecule has 0 heterocycles. The Morgan fingerprint density at radius 2 is 1.67 bits per heavy atom. The van der Waals surface area contributed by atoms with E-state index >= 15 is 0 Å². The van der Waals surface area contributed by atoms with Crippen molar-refractivity contribution in [2.75, 3.05) is 19.0 Å². The van der Waals surface area contributed by atoms with Crippen LogP contribution < -0.4 is 10.1 Å². The van der Waals surface area contributed by atoms with Gasteiger partial charge in [-0.05, 0) is 36.4 Å². The van der Waals surface area contributed by atoms with Gasteiger partial charge in [-0.25, -0.2) is 4.79 Å². The van der Waals surface area contributed by atoms with Crippen LogP contribution in [0.3, 0.4) is 0 Å². The summed E-state index contributed by atoms with van der Waals surface area (Å²) in [5.74, 6) is -0.780. The van der Waals surface area contributed by atoms with Crippen LogP contribution in [0.5, 0.6) is 5.75 Å². The fourth-order valence-electron chi connectivity index (χ4n) is 2.05. The summed E-state index contributed by atoms with van der Waals surface area (Å²) in [6.45, 7) is 1.02. The number of Topliss-reactive ketones (excluding diaryl/α,β-unsaturated/α-hetero) is 1. The average molecular weight is 327 g/mol. The third-order valence-corrected chi connectivity index (χ3v) is 3.19. The van der Waals surface area contributed by atoms with Crippen molar-refractivity contribution in [1.29, 1.82) is 0 Å². The molecule has 6 nitrogen and oxygen atoms in total. The number of anilines is 1. The van der Waals surface area contributed by atoms with Crippen LogP contribution in [-0.4, -0.2) is 31.4 Å². The van der Waals surface area contributed by atoms with Gasteiger partial charge in [0.05, 0.1) is 7.11 Å². The minimum atomic E-state index is -0.629. The number of methoxy groups -OCH3 is 1. The molecule has 0 bridgehead atoms. The summed E-state index contributed by atoms with van der Waals surface area (Å²) in [5, 5.41) is 2.61. The Labute approximate surface area is 139 Å². The van der Waals surface area contributed by atoms with Crippen molar-refractivity contribution in [2.24, 2.45) is 0 Å². The van der Waals surface area contributed by atoms with Gasteiger partial charge in [-0.15, -0.1) is 0 Å². The molecule has 6 heteroatoms. The summed E-state index contributed by atoms with van der Waals surface area (Å²) >= 11 is 0. The maximum atomic E-state index is 12.1. The number of rotatable bonds is 6. The van der Waals surface area contributed by atoms with E-state index in [1.807, 2.05) is 0 Å². The zero-order chi connectivity index (χ0) is 17.5. The number of ether oxygens (including phenoxy) is 2. The molecule has 0 unspecified atom stereocenters. The number of amides is 1. The van der Waals surface area contributed by atoms with Crippen molar-refractivity contribution in [1.82, 2.24) is 0 Å². The summed E-state index contributed by atoms with van der Waals surface area (Å²) in [5.41, 5.74) is 1.23. The SMILES string of the molecule is COc1ccccc1C(=O)OCC(=O)c1ccc(NC(C)=O)cc1. The van der Waals surface area contributed by atoms with Gasteiger partial charge in [-0.2, -0.15) is 0 Å². The molecule has 2 rings (SSSR count). The van der Waals surface area contributed by atoms with Crippen LogP contribution >= 0.6 is 0 Å². The number of esters is 1. The van der Waals surface area contributed by atoms with E-state index in [0.717, 1.165) is 0 Å². The summed E-state index contributed by atoms with van der Waals surface area (Å²) in [6, 6.07) is 13.0. The molecule has 2 aromatic rings. The monoisotopic (exact) mass is 327 g/mol. The molecule has 0 atom stereocenters. The zero-order valence-electron chi connectivity index (χ0n) is 13.4. The topological polar surface area (TPSA) is 81.7 Å². The summed E-state index contributed by atoms with van der Waals surface area (Å²) < 4.78 is 10.1. The van der Waals surface area contributed by atoms with Crippen molar-refractivity contribution in [3.8, 4) is 5.75 Å². The molecule has 124 valence electrons. The van der Waals surface area contributed by atoms with Crippen LogP contribution in [0.25, 0.3) is 0 Å². The number of benzene rings is 2. The lowest BCUT2D eigenvalue weighted by Crippen LogP contribution is -2.15. The number of ketones is 1. The van der Waals surface area contributed by atoms with Crippen molar-refractivity contribution >= 4 is 23.3 Å². The fraction of sp³-hybridized carbons (Fsp3) is 0.167. The largest absolute Gasteiger partial charge is 0.496 e. The van der Waals surface area contributed by atoms with Crippen molar-refractivity contribution in [3.63, 3.8) is 0 Å². The standard InChI is InChI=1S/C18H17NO5/c1-12(20)19-14-9-7-13(8-10-14)16(21)11-24-18(22)15-5-3-4-6-17(15)23-2/h3-10H,11H2,1-2H3,(H,19,20). The number of hydrogen-bond donors (Lipinski definition) is 1. The van der Waals surface area contributed by atoms with Gasteiger partial charge >= 0.3 is 5.97 Å². The molecule has 0 fully saturated rings. The minimum Gasteiger partial charge on any atom is -0.496 e. The predicted molar refractivity (Wildman–Crippen MR) is 88.4 cm³/mol. The van der Waals surface area contributed by atoms with Gasteiger partial charge in [0.25, 0.3) is 0 Å². The van der Waals surface area contributed by atoms with E-state index in [4.69, 9.17) is 9.47 Å². The molecule has 0 aliphatic rings. The molecule has 24 heavy (non-hydrogen) atoms. The van der Waals surface area contributed by atoms with E-state index in [1.54, 1.807) is 48.5 Å².